The molecule has 1 aliphatic heterocycles. The van der Waals surface area contributed by atoms with Gasteiger partial charge in [-0.3, -0.25) is 0 Å². The molecule has 1 saturated heterocycles. The smallest absolute Gasteiger partial charge is 0.0323 e. The quantitative estimate of drug-likeness (QED) is 0.826. The van der Waals surface area contributed by atoms with E-state index >= 15 is 0 Å². The van der Waals surface area contributed by atoms with Crippen LogP contribution in [0.1, 0.15) is 48.4 Å². The van der Waals surface area contributed by atoms with E-state index in [0.29, 0.717) is 6.04 Å². The molecule has 86 valence electrons. The van der Waals surface area contributed by atoms with Crippen LogP contribution in [0.5, 0.6) is 0 Å². The van der Waals surface area contributed by atoms with Gasteiger partial charge in [-0.15, -0.1) is 0 Å². The van der Waals surface area contributed by atoms with Gasteiger partial charge in [-0.25, -0.2) is 0 Å². The molecule has 1 aliphatic carbocycles. The Morgan fingerprint density at radius 2 is 2.06 bits per heavy atom. The normalized spacial score (nSPS) is 24.4. The highest BCUT2D eigenvalue weighted by Gasteiger charge is 2.22. The third-order valence-corrected chi connectivity index (χ3v) is 4.36. The number of aryl methyl sites for hydroxylation is 1. The van der Waals surface area contributed by atoms with Crippen LogP contribution < -0.4 is 5.32 Å². The van der Waals surface area contributed by atoms with E-state index < -0.39 is 0 Å². The summed E-state index contributed by atoms with van der Waals surface area (Å²) in [5.74, 6) is 0. The van der Waals surface area contributed by atoms with E-state index in [9.17, 15) is 0 Å². The van der Waals surface area contributed by atoms with Gasteiger partial charge in [0, 0.05) is 10.5 Å². The monoisotopic (exact) mass is 279 g/mol. The van der Waals surface area contributed by atoms with Gasteiger partial charge in [0.05, 0.1) is 0 Å². The van der Waals surface area contributed by atoms with Crippen molar-refractivity contribution in [3.63, 3.8) is 0 Å². The molecule has 0 saturated carbocycles. The van der Waals surface area contributed by atoms with Crippen LogP contribution in [0.15, 0.2) is 16.6 Å². The second kappa shape index (κ2) is 4.50. The topological polar surface area (TPSA) is 12.0 Å². The molecule has 2 heteroatoms. The first-order valence-electron chi connectivity index (χ1n) is 6.39. The Labute approximate surface area is 106 Å². The summed E-state index contributed by atoms with van der Waals surface area (Å²) in [6.45, 7) is 1.19. The Hall–Kier alpha value is -0.340. The first kappa shape index (κ1) is 10.8. The van der Waals surface area contributed by atoms with E-state index in [0.717, 1.165) is 0 Å². The van der Waals surface area contributed by atoms with E-state index in [1.54, 1.807) is 16.7 Å². The lowest BCUT2D eigenvalue weighted by molar-refractivity contribution is 0.410. The van der Waals surface area contributed by atoms with Crippen LogP contribution in [-0.4, -0.2) is 6.54 Å². The Kier molecular flexibility index (Phi) is 3.03. The van der Waals surface area contributed by atoms with Crippen LogP contribution in [0.2, 0.25) is 0 Å². The van der Waals surface area contributed by atoms with Crippen molar-refractivity contribution in [2.24, 2.45) is 0 Å². The zero-order valence-corrected chi connectivity index (χ0v) is 11.1. The zero-order chi connectivity index (χ0) is 11.0. The Morgan fingerprint density at radius 1 is 1.12 bits per heavy atom. The van der Waals surface area contributed by atoms with Crippen molar-refractivity contribution < 1.29 is 0 Å². The first-order chi connectivity index (χ1) is 7.84. The highest BCUT2D eigenvalue weighted by atomic mass is 79.9. The fourth-order valence-corrected chi connectivity index (χ4v) is 3.65. The van der Waals surface area contributed by atoms with Crippen molar-refractivity contribution in [2.75, 3.05) is 6.54 Å². The largest absolute Gasteiger partial charge is 0.310 e. The number of nitrogens with one attached hydrogen (secondary N) is 1. The molecule has 1 aromatic carbocycles. The molecular weight excluding hydrogens is 262 g/mol. The summed E-state index contributed by atoms with van der Waals surface area (Å²) in [5.41, 5.74) is 4.79. The van der Waals surface area contributed by atoms with E-state index in [2.05, 4.69) is 33.4 Å². The van der Waals surface area contributed by atoms with Gasteiger partial charge in [-0.05, 0) is 67.5 Å². The maximum absolute atomic E-state index is 3.67. The highest BCUT2D eigenvalue weighted by molar-refractivity contribution is 9.10. The van der Waals surface area contributed by atoms with Crippen molar-refractivity contribution >= 4 is 15.9 Å². The fraction of sp³-hybridized carbons (Fsp3) is 0.571. The van der Waals surface area contributed by atoms with Crippen LogP contribution in [0.25, 0.3) is 0 Å². The van der Waals surface area contributed by atoms with E-state index in [1.807, 2.05) is 0 Å². The standard InChI is InChI=1S/C14H18BrN/c15-11-8-10-4-3-5-12(10)13(9-11)14-6-1-2-7-16-14/h8-9,14,16H,1-7H2. The SMILES string of the molecule is Brc1cc2c(c(C3CCCCN3)c1)CCC2. The molecule has 1 unspecified atom stereocenters. The minimum atomic E-state index is 0.609. The number of fused-ring (bicyclic) bond motifs is 1. The molecule has 3 rings (SSSR count). The third kappa shape index (κ3) is 1.93. The predicted octanol–water partition coefficient (Wildman–Crippen LogP) is 3.75. The summed E-state index contributed by atoms with van der Waals surface area (Å²) in [5, 5.41) is 3.67. The van der Waals surface area contributed by atoms with Crippen molar-refractivity contribution in [3.05, 3.63) is 33.3 Å². The van der Waals surface area contributed by atoms with Gasteiger partial charge in [-0.2, -0.15) is 0 Å². The summed E-state index contributed by atoms with van der Waals surface area (Å²) in [7, 11) is 0. The van der Waals surface area contributed by atoms with Gasteiger partial charge < -0.3 is 5.32 Å². The predicted molar refractivity (Wildman–Crippen MR) is 70.8 cm³/mol. The molecule has 1 atom stereocenters. The van der Waals surface area contributed by atoms with Crippen LogP contribution in [0.4, 0.5) is 0 Å². The third-order valence-electron chi connectivity index (χ3n) is 3.90. The average Bonchev–Trinajstić information content (AvgIpc) is 2.77. The van der Waals surface area contributed by atoms with E-state index in [4.69, 9.17) is 0 Å². The molecule has 2 aliphatic rings. The van der Waals surface area contributed by atoms with Crippen LogP contribution in [0, 0.1) is 0 Å². The van der Waals surface area contributed by atoms with E-state index in [1.165, 1.54) is 49.5 Å². The van der Waals surface area contributed by atoms with Crippen molar-refractivity contribution in [1.82, 2.24) is 5.32 Å². The molecule has 0 radical (unpaired) electrons. The summed E-state index contributed by atoms with van der Waals surface area (Å²) < 4.78 is 1.26. The summed E-state index contributed by atoms with van der Waals surface area (Å²) in [6, 6.07) is 5.26. The number of hydrogen-bond acceptors (Lipinski definition) is 1. The first-order valence-corrected chi connectivity index (χ1v) is 7.18. The van der Waals surface area contributed by atoms with Gasteiger partial charge in [-0.1, -0.05) is 22.4 Å². The molecule has 1 aromatic rings. The molecule has 1 fully saturated rings. The van der Waals surface area contributed by atoms with E-state index in [-0.39, 0.29) is 0 Å². The van der Waals surface area contributed by atoms with Crippen molar-refractivity contribution in [3.8, 4) is 0 Å². The van der Waals surface area contributed by atoms with Crippen LogP contribution in [-0.2, 0) is 12.8 Å². The maximum Gasteiger partial charge on any atom is 0.0323 e. The highest BCUT2D eigenvalue weighted by Crippen LogP contribution is 2.35. The Morgan fingerprint density at radius 3 is 2.88 bits per heavy atom. The van der Waals surface area contributed by atoms with Gasteiger partial charge >= 0.3 is 0 Å². The molecule has 0 amide bonds. The molecule has 0 aromatic heterocycles. The number of benzene rings is 1. The van der Waals surface area contributed by atoms with Crippen molar-refractivity contribution in [2.45, 2.75) is 44.6 Å². The zero-order valence-electron chi connectivity index (χ0n) is 9.56. The molecule has 1 N–H and O–H groups in total. The van der Waals surface area contributed by atoms with Gasteiger partial charge in [0.15, 0.2) is 0 Å². The maximum atomic E-state index is 3.67. The Bertz CT molecular complexity index is 394. The van der Waals surface area contributed by atoms with Crippen molar-refractivity contribution in [1.29, 1.82) is 0 Å². The van der Waals surface area contributed by atoms with Crippen LogP contribution >= 0.6 is 15.9 Å². The molecule has 16 heavy (non-hydrogen) atoms. The van der Waals surface area contributed by atoms with Gasteiger partial charge in [0.1, 0.15) is 0 Å². The molecule has 1 heterocycles. The minimum absolute atomic E-state index is 0.609. The summed E-state index contributed by atoms with van der Waals surface area (Å²) in [4.78, 5) is 0. The second-order valence-electron chi connectivity index (χ2n) is 4.99. The van der Waals surface area contributed by atoms with Crippen LogP contribution in [0.3, 0.4) is 0 Å². The molecular formula is C14H18BrN. The fourth-order valence-electron chi connectivity index (χ4n) is 3.13. The Balaban J connectivity index is 1.99. The van der Waals surface area contributed by atoms with Gasteiger partial charge in [0.25, 0.3) is 0 Å². The lowest BCUT2D eigenvalue weighted by Crippen LogP contribution is -2.27. The van der Waals surface area contributed by atoms with Gasteiger partial charge in [0.2, 0.25) is 0 Å². The molecule has 1 nitrogen and oxygen atoms in total. The molecule has 0 bridgehead atoms. The summed E-state index contributed by atoms with van der Waals surface area (Å²) >= 11 is 3.65. The second-order valence-corrected chi connectivity index (χ2v) is 5.90. The average molecular weight is 280 g/mol. The number of rotatable bonds is 1. The molecule has 0 spiro atoms. The lowest BCUT2D eigenvalue weighted by Gasteiger charge is -2.26. The minimum Gasteiger partial charge on any atom is -0.310 e. The number of piperidine rings is 1. The lowest BCUT2D eigenvalue weighted by atomic mass is 9.92. The number of halogens is 1. The summed E-state index contributed by atoms with van der Waals surface area (Å²) in [6.07, 6.45) is 7.92. The number of hydrogen-bond donors (Lipinski definition) is 1.